The molecule has 0 saturated carbocycles. The van der Waals surface area contributed by atoms with Gasteiger partial charge >= 0.3 is 11.9 Å². The normalized spacial score (nSPS) is 13.1. The van der Waals surface area contributed by atoms with Crippen LogP contribution in [-0.4, -0.2) is 39.1 Å². The van der Waals surface area contributed by atoms with Gasteiger partial charge in [-0.2, -0.15) is 0 Å². The van der Waals surface area contributed by atoms with Gasteiger partial charge in [-0.25, -0.2) is 9.59 Å². The van der Waals surface area contributed by atoms with Gasteiger partial charge in [-0.3, -0.25) is 4.79 Å². The first kappa shape index (κ1) is 23.6. The third-order valence-corrected chi connectivity index (χ3v) is 5.40. The lowest BCUT2D eigenvalue weighted by atomic mass is 10.0. The zero-order valence-corrected chi connectivity index (χ0v) is 19.5. The highest BCUT2D eigenvalue weighted by Gasteiger charge is 2.30. The van der Waals surface area contributed by atoms with Gasteiger partial charge in [-0.05, 0) is 60.5 Å². The van der Waals surface area contributed by atoms with Crippen LogP contribution in [0.15, 0.2) is 60.4 Å². The van der Waals surface area contributed by atoms with Crippen molar-refractivity contribution >= 4 is 23.8 Å². The van der Waals surface area contributed by atoms with Crippen molar-refractivity contribution in [3.05, 3.63) is 88.2 Å². The highest BCUT2D eigenvalue weighted by atomic mass is 16.5. The van der Waals surface area contributed by atoms with Crippen molar-refractivity contribution < 1.29 is 38.1 Å². The highest BCUT2D eigenvalue weighted by Crippen LogP contribution is 2.38. The summed E-state index contributed by atoms with van der Waals surface area (Å²) in [6.45, 7) is 1.74. The molecule has 0 spiro atoms. The van der Waals surface area contributed by atoms with Gasteiger partial charge in [0.1, 0.15) is 11.5 Å². The average Bonchev–Trinajstić information content (AvgIpc) is 3.18. The predicted molar refractivity (Wildman–Crippen MR) is 126 cm³/mol. The van der Waals surface area contributed by atoms with Crippen molar-refractivity contribution in [1.29, 1.82) is 0 Å². The largest absolute Gasteiger partial charge is 0.493 e. The minimum Gasteiger partial charge on any atom is -0.493 e. The molecule has 1 aliphatic rings. The molecule has 0 bridgehead atoms. The van der Waals surface area contributed by atoms with Crippen LogP contribution >= 0.6 is 0 Å². The first-order valence-electron chi connectivity index (χ1n) is 10.6. The Morgan fingerprint density at radius 2 is 1.51 bits per heavy atom. The molecule has 4 rings (SSSR count). The topological polar surface area (TPSA) is 97.4 Å². The number of methoxy groups -OCH3 is 3. The average molecular weight is 474 g/mol. The molecule has 8 heteroatoms. The second kappa shape index (κ2) is 9.72. The SMILES string of the molecule is COC(=O)c1ccc(/C=C2\Oc3cc(OC(=O)c4ccc(OC)c(OC)c4)cc(C)c3C2=O)cc1. The van der Waals surface area contributed by atoms with Crippen LogP contribution < -0.4 is 18.9 Å². The van der Waals surface area contributed by atoms with E-state index in [0.717, 1.165) is 0 Å². The number of fused-ring (bicyclic) bond motifs is 1. The van der Waals surface area contributed by atoms with Crippen LogP contribution in [0.3, 0.4) is 0 Å². The molecule has 0 unspecified atom stereocenters. The summed E-state index contributed by atoms with van der Waals surface area (Å²) >= 11 is 0. The van der Waals surface area contributed by atoms with Crippen LogP contribution in [0.2, 0.25) is 0 Å². The number of allylic oxidation sites excluding steroid dienone is 1. The van der Waals surface area contributed by atoms with E-state index in [1.165, 1.54) is 33.5 Å². The van der Waals surface area contributed by atoms with Gasteiger partial charge in [0.05, 0.1) is 38.0 Å². The summed E-state index contributed by atoms with van der Waals surface area (Å²) in [4.78, 5) is 37.2. The van der Waals surface area contributed by atoms with Gasteiger partial charge in [0, 0.05) is 6.07 Å². The summed E-state index contributed by atoms with van der Waals surface area (Å²) in [5.41, 5.74) is 2.34. The third-order valence-electron chi connectivity index (χ3n) is 5.40. The van der Waals surface area contributed by atoms with E-state index in [4.69, 9.17) is 23.7 Å². The van der Waals surface area contributed by atoms with Gasteiger partial charge in [0.2, 0.25) is 5.78 Å². The quantitative estimate of drug-likeness (QED) is 0.290. The Morgan fingerprint density at radius 1 is 0.829 bits per heavy atom. The number of carbonyl (C=O) groups excluding carboxylic acids is 3. The molecule has 0 N–H and O–H groups in total. The van der Waals surface area contributed by atoms with Crippen molar-refractivity contribution in [3.63, 3.8) is 0 Å². The first-order chi connectivity index (χ1) is 16.8. The van der Waals surface area contributed by atoms with Crippen LogP contribution in [0, 0.1) is 6.92 Å². The summed E-state index contributed by atoms with van der Waals surface area (Å²) < 4.78 is 26.4. The van der Waals surface area contributed by atoms with Gasteiger partial charge in [0.15, 0.2) is 17.3 Å². The van der Waals surface area contributed by atoms with Crippen molar-refractivity contribution in [2.24, 2.45) is 0 Å². The second-order valence-electron chi connectivity index (χ2n) is 7.63. The number of benzene rings is 3. The molecule has 0 saturated heterocycles. The highest BCUT2D eigenvalue weighted by molar-refractivity contribution is 6.15. The Morgan fingerprint density at radius 3 is 2.17 bits per heavy atom. The zero-order chi connectivity index (χ0) is 25.1. The fourth-order valence-corrected chi connectivity index (χ4v) is 3.65. The minimum absolute atomic E-state index is 0.122. The molecule has 8 nitrogen and oxygen atoms in total. The van der Waals surface area contributed by atoms with Gasteiger partial charge < -0.3 is 23.7 Å². The molecule has 3 aromatic rings. The predicted octanol–water partition coefficient (Wildman–Crippen LogP) is 4.63. The number of Topliss-reactive ketones (excluding diaryl/α,β-unsaturated/α-hetero) is 1. The molecule has 0 fully saturated rings. The van der Waals surface area contributed by atoms with Crippen molar-refractivity contribution in [2.75, 3.05) is 21.3 Å². The number of hydrogen-bond acceptors (Lipinski definition) is 8. The van der Waals surface area contributed by atoms with Gasteiger partial charge in [0.25, 0.3) is 0 Å². The Labute approximate surface area is 201 Å². The Balaban J connectivity index is 1.55. The third kappa shape index (κ3) is 4.72. The van der Waals surface area contributed by atoms with Gasteiger partial charge in [-0.1, -0.05) is 12.1 Å². The Bertz CT molecular complexity index is 1350. The molecule has 0 amide bonds. The number of ketones is 1. The number of ether oxygens (including phenoxy) is 5. The number of rotatable bonds is 6. The fraction of sp³-hybridized carbons (Fsp3) is 0.148. The van der Waals surface area contributed by atoms with Crippen molar-refractivity contribution in [2.45, 2.75) is 6.92 Å². The maximum absolute atomic E-state index is 12.9. The van der Waals surface area contributed by atoms with Crippen LogP contribution in [-0.2, 0) is 4.74 Å². The van der Waals surface area contributed by atoms with E-state index in [2.05, 4.69) is 0 Å². The lowest BCUT2D eigenvalue weighted by Crippen LogP contribution is -2.09. The van der Waals surface area contributed by atoms with E-state index in [9.17, 15) is 14.4 Å². The monoisotopic (exact) mass is 474 g/mol. The number of aryl methyl sites for hydroxylation is 1. The van der Waals surface area contributed by atoms with Crippen LogP contribution in [0.25, 0.3) is 6.08 Å². The van der Waals surface area contributed by atoms with E-state index in [1.807, 2.05) is 0 Å². The molecule has 0 aromatic heterocycles. The zero-order valence-electron chi connectivity index (χ0n) is 19.5. The lowest BCUT2D eigenvalue weighted by molar-refractivity contribution is 0.0600. The van der Waals surface area contributed by atoms with E-state index >= 15 is 0 Å². The Hall–Kier alpha value is -4.59. The number of carbonyl (C=O) groups is 3. The van der Waals surface area contributed by atoms with Gasteiger partial charge in [-0.15, -0.1) is 0 Å². The smallest absolute Gasteiger partial charge is 0.343 e. The fourth-order valence-electron chi connectivity index (χ4n) is 3.65. The summed E-state index contributed by atoms with van der Waals surface area (Å²) in [7, 11) is 4.29. The standard InChI is InChI=1S/C27H22O8/c1-15-11-19(34-27(30)18-9-10-20(31-2)21(13-18)32-3)14-22-24(15)25(28)23(35-22)12-16-5-7-17(8-6-16)26(29)33-4/h5-14H,1-4H3/b23-12-. The first-order valence-corrected chi connectivity index (χ1v) is 10.6. The molecule has 0 radical (unpaired) electrons. The molecule has 0 atom stereocenters. The Kier molecular flexibility index (Phi) is 6.55. The maximum Gasteiger partial charge on any atom is 0.343 e. The van der Waals surface area contributed by atoms with E-state index in [-0.39, 0.29) is 22.9 Å². The van der Waals surface area contributed by atoms with Crippen LogP contribution in [0.1, 0.15) is 42.2 Å². The summed E-state index contributed by atoms with van der Waals surface area (Å²) in [5, 5.41) is 0. The second-order valence-corrected chi connectivity index (χ2v) is 7.63. The molecule has 178 valence electrons. The number of hydrogen-bond donors (Lipinski definition) is 0. The van der Waals surface area contributed by atoms with E-state index < -0.39 is 11.9 Å². The van der Waals surface area contributed by atoms with E-state index in [0.29, 0.717) is 39.5 Å². The molecule has 1 aliphatic heterocycles. The lowest BCUT2D eigenvalue weighted by Gasteiger charge is -2.10. The van der Waals surface area contributed by atoms with Crippen LogP contribution in [0.4, 0.5) is 0 Å². The molecular weight excluding hydrogens is 452 g/mol. The molecule has 35 heavy (non-hydrogen) atoms. The maximum atomic E-state index is 12.9. The number of esters is 2. The molecule has 1 heterocycles. The summed E-state index contributed by atoms with van der Waals surface area (Å²) in [6.07, 6.45) is 1.58. The summed E-state index contributed by atoms with van der Waals surface area (Å²) in [5.74, 6) is 0.204. The van der Waals surface area contributed by atoms with E-state index in [1.54, 1.807) is 55.5 Å². The molecule has 0 aliphatic carbocycles. The van der Waals surface area contributed by atoms with Crippen molar-refractivity contribution in [3.8, 4) is 23.0 Å². The van der Waals surface area contributed by atoms with Crippen LogP contribution in [0.5, 0.6) is 23.0 Å². The summed E-state index contributed by atoms with van der Waals surface area (Å²) in [6, 6.07) is 14.4. The molecular formula is C27H22O8. The minimum atomic E-state index is -0.601. The molecule has 3 aromatic carbocycles. The van der Waals surface area contributed by atoms with Crippen molar-refractivity contribution in [1.82, 2.24) is 0 Å².